The molecule has 5 heteroatoms. The molecule has 1 aromatic heterocycles. The number of aliphatic hydroxyl groups excluding tert-OH is 1. The predicted octanol–water partition coefficient (Wildman–Crippen LogP) is 2.90. The lowest BCUT2D eigenvalue weighted by molar-refractivity contribution is 0.191. The minimum absolute atomic E-state index is 0.367. The van der Waals surface area contributed by atoms with E-state index in [2.05, 4.69) is 34.7 Å². The van der Waals surface area contributed by atoms with Gasteiger partial charge >= 0.3 is 0 Å². The van der Waals surface area contributed by atoms with Crippen molar-refractivity contribution in [3.63, 3.8) is 0 Å². The Kier molecular flexibility index (Phi) is 6.02. The maximum atomic E-state index is 10.3. The molecule has 0 amide bonds. The van der Waals surface area contributed by atoms with Gasteiger partial charge in [0.15, 0.2) is 5.96 Å². The van der Waals surface area contributed by atoms with E-state index in [0.29, 0.717) is 6.54 Å². The average molecular weight is 305 g/mol. The number of aliphatic imine (C=N–C) groups is 1. The fourth-order valence-corrected chi connectivity index (χ4v) is 3.06. The Morgan fingerprint density at radius 1 is 1.29 bits per heavy atom. The van der Waals surface area contributed by atoms with Crippen molar-refractivity contribution < 1.29 is 5.11 Å². The molecule has 0 fully saturated rings. The Balaban J connectivity index is 2.03. The summed E-state index contributed by atoms with van der Waals surface area (Å²) < 4.78 is 1.20. The van der Waals surface area contributed by atoms with E-state index >= 15 is 0 Å². The molecule has 0 saturated heterocycles. The minimum atomic E-state index is -0.556. The van der Waals surface area contributed by atoms with E-state index in [1.807, 2.05) is 25.1 Å². The van der Waals surface area contributed by atoms with Gasteiger partial charge in [-0.05, 0) is 30.9 Å². The molecular formula is C16H23N3OS. The van der Waals surface area contributed by atoms with E-state index in [0.717, 1.165) is 30.3 Å². The van der Waals surface area contributed by atoms with Crippen LogP contribution in [-0.4, -0.2) is 30.7 Å². The third kappa shape index (κ3) is 4.44. The summed E-state index contributed by atoms with van der Waals surface area (Å²) in [6, 6.07) is 10.2. The molecule has 2 aromatic rings. The van der Waals surface area contributed by atoms with Crippen LogP contribution in [0.5, 0.6) is 0 Å². The molecule has 1 unspecified atom stereocenters. The maximum Gasteiger partial charge on any atom is 0.191 e. The maximum absolute atomic E-state index is 10.3. The first-order valence-electron chi connectivity index (χ1n) is 7.43. The van der Waals surface area contributed by atoms with E-state index < -0.39 is 6.10 Å². The second-order valence-electron chi connectivity index (χ2n) is 4.85. The van der Waals surface area contributed by atoms with Crippen molar-refractivity contribution >= 4 is 27.4 Å². The standard InChI is InChI=1S/C16H23N3OS/c1-3-9-18-16(17-4-2)19-11-13(20)15-10-12-7-5-6-8-14(12)21-15/h5-8,10,13,20H,3-4,9,11H2,1-2H3,(H2,17,18,19). The molecule has 1 atom stereocenters. The van der Waals surface area contributed by atoms with Crippen LogP contribution < -0.4 is 10.6 Å². The molecule has 0 spiro atoms. The Bertz CT molecular complexity index is 561. The van der Waals surface area contributed by atoms with E-state index in [4.69, 9.17) is 0 Å². The summed E-state index contributed by atoms with van der Waals surface area (Å²) in [5.41, 5.74) is 0. The molecule has 1 heterocycles. The van der Waals surface area contributed by atoms with Crippen LogP contribution in [-0.2, 0) is 0 Å². The zero-order valence-electron chi connectivity index (χ0n) is 12.6. The largest absolute Gasteiger partial charge is 0.386 e. The van der Waals surface area contributed by atoms with Crippen LogP contribution in [0.15, 0.2) is 35.3 Å². The Morgan fingerprint density at radius 2 is 2.10 bits per heavy atom. The number of nitrogens with zero attached hydrogens (tertiary/aromatic N) is 1. The van der Waals surface area contributed by atoms with Gasteiger partial charge in [0.1, 0.15) is 6.10 Å². The third-order valence-electron chi connectivity index (χ3n) is 3.08. The number of rotatable bonds is 6. The molecule has 0 bridgehead atoms. The summed E-state index contributed by atoms with van der Waals surface area (Å²) in [6.45, 7) is 6.21. The van der Waals surface area contributed by atoms with Crippen molar-refractivity contribution in [1.29, 1.82) is 0 Å². The number of thiophene rings is 1. The van der Waals surface area contributed by atoms with Crippen molar-refractivity contribution in [1.82, 2.24) is 10.6 Å². The second-order valence-corrected chi connectivity index (χ2v) is 5.96. The Hall–Kier alpha value is -1.59. The zero-order chi connectivity index (χ0) is 15.1. The summed E-state index contributed by atoms with van der Waals surface area (Å²) >= 11 is 1.63. The number of nitrogens with one attached hydrogen (secondary N) is 2. The molecule has 3 N–H and O–H groups in total. The van der Waals surface area contributed by atoms with Crippen LogP contribution in [0.4, 0.5) is 0 Å². The Labute approximate surface area is 129 Å². The molecule has 2 rings (SSSR count). The zero-order valence-corrected chi connectivity index (χ0v) is 13.4. The number of hydrogen-bond donors (Lipinski definition) is 3. The molecule has 0 aliphatic heterocycles. The summed E-state index contributed by atoms with van der Waals surface area (Å²) in [5.74, 6) is 0.763. The van der Waals surface area contributed by atoms with E-state index in [9.17, 15) is 5.11 Å². The summed E-state index contributed by atoms with van der Waals surface area (Å²) in [6.07, 6.45) is 0.489. The van der Waals surface area contributed by atoms with Crippen molar-refractivity contribution in [2.24, 2.45) is 4.99 Å². The molecule has 4 nitrogen and oxygen atoms in total. The monoisotopic (exact) mass is 305 g/mol. The molecule has 114 valence electrons. The van der Waals surface area contributed by atoms with E-state index in [1.54, 1.807) is 11.3 Å². The van der Waals surface area contributed by atoms with Crippen LogP contribution in [0.25, 0.3) is 10.1 Å². The van der Waals surface area contributed by atoms with Crippen molar-refractivity contribution in [2.45, 2.75) is 26.4 Å². The van der Waals surface area contributed by atoms with Gasteiger partial charge in [-0.1, -0.05) is 25.1 Å². The fraction of sp³-hybridized carbons (Fsp3) is 0.438. The van der Waals surface area contributed by atoms with E-state index in [-0.39, 0.29) is 0 Å². The summed E-state index contributed by atoms with van der Waals surface area (Å²) in [7, 11) is 0. The predicted molar refractivity (Wildman–Crippen MR) is 91.1 cm³/mol. The van der Waals surface area contributed by atoms with Crippen molar-refractivity contribution in [2.75, 3.05) is 19.6 Å². The molecule has 21 heavy (non-hydrogen) atoms. The lowest BCUT2D eigenvalue weighted by atomic mass is 10.2. The van der Waals surface area contributed by atoms with Crippen LogP contribution in [0.2, 0.25) is 0 Å². The summed E-state index contributed by atoms with van der Waals surface area (Å²) in [4.78, 5) is 5.41. The van der Waals surface area contributed by atoms with Gasteiger partial charge in [-0.2, -0.15) is 0 Å². The van der Waals surface area contributed by atoms with Crippen molar-refractivity contribution in [3.05, 3.63) is 35.2 Å². The highest BCUT2D eigenvalue weighted by Gasteiger charge is 2.11. The Morgan fingerprint density at radius 3 is 2.81 bits per heavy atom. The second kappa shape index (κ2) is 8.00. The molecule has 1 aromatic carbocycles. The average Bonchev–Trinajstić information content (AvgIpc) is 2.93. The van der Waals surface area contributed by atoms with E-state index in [1.165, 1.54) is 10.1 Å². The number of hydrogen-bond acceptors (Lipinski definition) is 3. The van der Waals surface area contributed by atoms with Gasteiger partial charge in [-0.15, -0.1) is 11.3 Å². The number of guanidine groups is 1. The third-order valence-corrected chi connectivity index (χ3v) is 4.30. The highest BCUT2D eigenvalue weighted by molar-refractivity contribution is 7.19. The van der Waals surface area contributed by atoms with Gasteiger partial charge in [0, 0.05) is 22.7 Å². The first-order chi connectivity index (χ1) is 10.2. The topological polar surface area (TPSA) is 56.7 Å². The van der Waals surface area contributed by atoms with Crippen LogP contribution in [0.3, 0.4) is 0 Å². The highest BCUT2D eigenvalue weighted by atomic mass is 32.1. The first-order valence-corrected chi connectivity index (χ1v) is 8.25. The quantitative estimate of drug-likeness (QED) is 0.568. The molecular weight excluding hydrogens is 282 g/mol. The number of fused-ring (bicyclic) bond motifs is 1. The minimum Gasteiger partial charge on any atom is -0.386 e. The SMILES string of the molecule is CCCNC(=NCC(O)c1cc2ccccc2s1)NCC. The molecule has 0 aliphatic rings. The smallest absolute Gasteiger partial charge is 0.191 e. The number of benzene rings is 1. The van der Waals surface area contributed by atoms with Gasteiger partial charge in [-0.25, -0.2) is 0 Å². The van der Waals surface area contributed by atoms with Gasteiger partial charge in [0.2, 0.25) is 0 Å². The van der Waals surface area contributed by atoms with Crippen LogP contribution in [0, 0.1) is 0 Å². The molecule has 0 radical (unpaired) electrons. The lowest BCUT2D eigenvalue weighted by Crippen LogP contribution is -2.37. The molecule has 0 aliphatic carbocycles. The normalized spacial score (nSPS) is 13.4. The van der Waals surface area contributed by atoms with Gasteiger partial charge in [-0.3, -0.25) is 4.99 Å². The lowest BCUT2D eigenvalue weighted by Gasteiger charge is -2.11. The van der Waals surface area contributed by atoms with Gasteiger partial charge < -0.3 is 15.7 Å². The van der Waals surface area contributed by atoms with Crippen molar-refractivity contribution in [3.8, 4) is 0 Å². The first kappa shape index (κ1) is 15.8. The van der Waals surface area contributed by atoms with Gasteiger partial charge in [0.05, 0.1) is 6.54 Å². The number of aliphatic hydroxyl groups is 1. The van der Waals surface area contributed by atoms with Crippen LogP contribution in [0.1, 0.15) is 31.2 Å². The van der Waals surface area contributed by atoms with Gasteiger partial charge in [0.25, 0.3) is 0 Å². The highest BCUT2D eigenvalue weighted by Crippen LogP contribution is 2.29. The fourth-order valence-electron chi connectivity index (χ4n) is 2.02. The summed E-state index contributed by atoms with van der Waals surface area (Å²) in [5, 5.41) is 17.9. The van der Waals surface area contributed by atoms with Crippen LogP contribution >= 0.6 is 11.3 Å². The molecule has 0 saturated carbocycles.